The summed E-state index contributed by atoms with van der Waals surface area (Å²) >= 11 is 0. The zero-order valence-electron chi connectivity index (χ0n) is 24.6. The lowest BCUT2D eigenvalue weighted by Gasteiger charge is -2.28. The van der Waals surface area contributed by atoms with Gasteiger partial charge in [0.1, 0.15) is 0 Å². The minimum absolute atomic E-state index is 0.0303. The third-order valence-corrected chi connectivity index (χ3v) is 8.94. The van der Waals surface area contributed by atoms with Crippen molar-refractivity contribution in [3.8, 4) is 0 Å². The standard InChI is InChI=1S/C36H46O3/c1-6-7-8-9-10-29-21-33(36(39)34(37)23(2)3)32-22-30(25(5)19-31(29)32)35(38)28-17-15-27(16-18-28)20-26-13-11-24(4)12-14-26/h11-14,19,21-23,27-29H,6-10,15-18,20H2,1-5H3. The molecule has 0 N–H and O–H groups in total. The van der Waals surface area contributed by atoms with E-state index in [-0.39, 0.29) is 29.3 Å². The number of fused-ring (bicyclic) bond motifs is 1. The van der Waals surface area contributed by atoms with Gasteiger partial charge in [0.2, 0.25) is 11.6 Å². The third-order valence-electron chi connectivity index (χ3n) is 8.94. The maximum atomic E-state index is 13.8. The number of Topliss-reactive ketones (excluding diaryl/α,β-unsaturated/α-hetero) is 3. The molecular weight excluding hydrogens is 480 g/mol. The van der Waals surface area contributed by atoms with Crippen LogP contribution >= 0.6 is 0 Å². The van der Waals surface area contributed by atoms with Crippen LogP contribution in [0.3, 0.4) is 0 Å². The minimum atomic E-state index is -0.402. The van der Waals surface area contributed by atoms with Gasteiger partial charge in [0.15, 0.2) is 5.78 Å². The van der Waals surface area contributed by atoms with E-state index in [1.807, 2.05) is 19.1 Å². The number of rotatable bonds is 12. The van der Waals surface area contributed by atoms with Crippen molar-refractivity contribution < 1.29 is 14.4 Å². The molecule has 39 heavy (non-hydrogen) atoms. The molecule has 4 rings (SSSR count). The van der Waals surface area contributed by atoms with Gasteiger partial charge >= 0.3 is 0 Å². The molecule has 1 fully saturated rings. The van der Waals surface area contributed by atoms with Crippen LogP contribution in [-0.2, 0) is 16.0 Å². The summed E-state index contributed by atoms with van der Waals surface area (Å²) in [6.07, 6.45) is 12.7. The molecule has 0 aliphatic heterocycles. The molecule has 3 nitrogen and oxygen atoms in total. The molecule has 0 amide bonds. The van der Waals surface area contributed by atoms with Crippen molar-refractivity contribution in [2.24, 2.45) is 17.8 Å². The zero-order valence-corrected chi connectivity index (χ0v) is 24.6. The largest absolute Gasteiger partial charge is 0.294 e. The summed E-state index contributed by atoms with van der Waals surface area (Å²) in [4.78, 5) is 39.7. The second-order valence-corrected chi connectivity index (χ2v) is 12.4. The lowest BCUT2D eigenvalue weighted by atomic mass is 9.75. The zero-order chi connectivity index (χ0) is 28.1. The van der Waals surface area contributed by atoms with E-state index in [0.29, 0.717) is 11.5 Å². The Bertz CT molecular complexity index is 1220. The monoisotopic (exact) mass is 526 g/mol. The van der Waals surface area contributed by atoms with Crippen molar-refractivity contribution in [2.45, 2.75) is 105 Å². The van der Waals surface area contributed by atoms with E-state index in [1.54, 1.807) is 13.8 Å². The van der Waals surface area contributed by atoms with Crippen molar-refractivity contribution in [1.82, 2.24) is 0 Å². The Morgan fingerprint density at radius 2 is 1.59 bits per heavy atom. The molecule has 0 saturated heterocycles. The van der Waals surface area contributed by atoms with Crippen molar-refractivity contribution in [2.75, 3.05) is 0 Å². The number of aryl methyl sites for hydroxylation is 2. The van der Waals surface area contributed by atoms with E-state index in [0.717, 1.165) is 67.2 Å². The summed E-state index contributed by atoms with van der Waals surface area (Å²) < 4.78 is 0. The van der Waals surface area contributed by atoms with E-state index in [9.17, 15) is 14.4 Å². The molecule has 0 aromatic heterocycles. The first-order valence-electron chi connectivity index (χ1n) is 15.2. The highest BCUT2D eigenvalue weighted by molar-refractivity contribution is 6.54. The lowest BCUT2D eigenvalue weighted by molar-refractivity contribution is -0.135. The molecule has 2 aromatic rings. The van der Waals surface area contributed by atoms with E-state index in [4.69, 9.17) is 0 Å². The smallest absolute Gasteiger partial charge is 0.229 e. The second kappa shape index (κ2) is 13.0. The first-order valence-corrected chi connectivity index (χ1v) is 15.2. The van der Waals surface area contributed by atoms with Crippen LogP contribution in [0.25, 0.3) is 5.57 Å². The Labute approximate surface area is 235 Å². The predicted molar refractivity (Wildman–Crippen MR) is 160 cm³/mol. The van der Waals surface area contributed by atoms with E-state index in [1.165, 1.54) is 30.4 Å². The summed E-state index contributed by atoms with van der Waals surface area (Å²) in [5.74, 6) is -0.0935. The van der Waals surface area contributed by atoms with Crippen LogP contribution in [0.15, 0.2) is 42.5 Å². The number of carbonyl (C=O) groups is 3. The first-order chi connectivity index (χ1) is 18.7. The Balaban J connectivity index is 1.51. The SMILES string of the molecule is CCCCCCC1C=C(C(=O)C(=O)C(C)C)c2cc(C(=O)C3CCC(Cc4ccc(C)cc4)CC3)c(C)cc21. The minimum Gasteiger partial charge on any atom is -0.294 e. The molecule has 0 spiro atoms. The molecule has 1 unspecified atom stereocenters. The molecule has 2 aliphatic rings. The Morgan fingerprint density at radius 3 is 2.23 bits per heavy atom. The molecule has 1 atom stereocenters. The third kappa shape index (κ3) is 6.86. The van der Waals surface area contributed by atoms with Crippen molar-refractivity contribution in [3.05, 3.63) is 75.9 Å². The lowest BCUT2D eigenvalue weighted by Crippen LogP contribution is -2.24. The van der Waals surface area contributed by atoms with Crippen LogP contribution in [0, 0.1) is 31.6 Å². The molecule has 3 heteroatoms. The van der Waals surface area contributed by atoms with Crippen LogP contribution in [0.1, 0.15) is 123 Å². The summed E-state index contributed by atoms with van der Waals surface area (Å²) in [7, 11) is 0. The Morgan fingerprint density at radius 1 is 0.897 bits per heavy atom. The van der Waals surface area contributed by atoms with Gasteiger partial charge in [-0.25, -0.2) is 0 Å². The van der Waals surface area contributed by atoms with Crippen LogP contribution in [0.2, 0.25) is 0 Å². The van der Waals surface area contributed by atoms with Gasteiger partial charge in [0.25, 0.3) is 0 Å². The fourth-order valence-electron chi connectivity index (χ4n) is 6.45. The molecule has 0 bridgehead atoms. The summed E-state index contributed by atoms with van der Waals surface area (Å²) in [5.41, 5.74) is 6.84. The molecule has 2 aromatic carbocycles. The maximum Gasteiger partial charge on any atom is 0.229 e. The van der Waals surface area contributed by atoms with Gasteiger partial charge in [-0.1, -0.05) is 88.4 Å². The van der Waals surface area contributed by atoms with E-state index >= 15 is 0 Å². The highest BCUT2D eigenvalue weighted by atomic mass is 16.2. The van der Waals surface area contributed by atoms with E-state index in [2.05, 4.69) is 44.2 Å². The summed E-state index contributed by atoms with van der Waals surface area (Å²) in [6.45, 7) is 9.91. The molecular formula is C36H46O3. The Kier molecular flexibility index (Phi) is 9.75. The van der Waals surface area contributed by atoms with Gasteiger partial charge in [0, 0.05) is 28.9 Å². The van der Waals surface area contributed by atoms with Gasteiger partial charge < -0.3 is 0 Å². The molecule has 0 radical (unpaired) electrons. The summed E-state index contributed by atoms with van der Waals surface area (Å²) in [5, 5.41) is 0. The van der Waals surface area contributed by atoms with Gasteiger partial charge in [-0.2, -0.15) is 0 Å². The van der Waals surface area contributed by atoms with Crippen LogP contribution in [0.4, 0.5) is 0 Å². The normalized spacial score (nSPS) is 20.6. The second-order valence-electron chi connectivity index (χ2n) is 12.4. The number of benzene rings is 2. The van der Waals surface area contributed by atoms with Gasteiger partial charge in [0.05, 0.1) is 0 Å². The number of carbonyl (C=O) groups excluding carboxylic acids is 3. The van der Waals surface area contributed by atoms with Crippen molar-refractivity contribution >= 4 is 22.9 Å². The average Bonchev–Trinajstić information content (AvgIpc) is 3.28. The molecule has 208 valence electrons. The predicted octanol–water partition coefficient (Wildman–Crippen LogP) is 8.78. The Hall–Kier alpha value is -2.81. The van der Waals surface area contributed by atoms with Gasteiger partial charge in [-0.3, -0.25) is 14.4 Å². The quantitative estimate of drug-likeness (QED) is 0.158. The number of hydrogen-bond acceptors (Lipinski definition) is 3. The number of unbranched alkanes of at least 4 members (excludes halogenated alkanes) is 3. The molecule has 0 heterocycles. The van der Waals surface area contributed by atoms with Crippen molar-refractivity contribution in [1.29, 1.82) is 0 Å². The summed E-state index contributed by atoms with van der Waals surface area (Å²) in [6, 6.07) is 12.9. The number of hydrogen-bond donors (Lipinski definition) is 0. The average molecular weight is 527 g/mol. The number of ketones is 3. The van der Waals surface area contributed by atoms with E-state index < -0.39 is 5.78 Å². The highest BCUT2D eigenvalue weighted by Crippen LogP contribution is 2.42. The highest BCUT2D eigenvalue weighted by Gasteiger charge is 2.34. The molecule has 1 saturated carbocycles. The molecule has 2 aliphatic carbocycles. The van der Waals surface area contributed by atoms with Crippen molar-refractivity contribution in [3.63, 3.8) is 0 Å². The first kappa shape index (κ1) is 29.2. The fraction of sp³-hybridized carbons (Fsp3) is 0.528. The van der Waals surface area contributed by atoms with Gasteiger partial charge in [-0.15, -0.1) is 0 Å². The van der Waals surface area contributed by atoms with Crippen LogP contribution in [0.5, 0.6) is 0 Å². The number of allylic oxidation sites excluding steroid dienone is 2. The van der Waals surface area contributed by atoms with Crippen LogP contribution in [-0.4, -0.2) is 17.3 Å². The topological polar surface area (TPSA) is 51.2 Å². The fourth-order valence-corrected chi connectivity index (χ4v) is 6.45. The van der Waals surface area contributed by atoms with Gasteiger partial charge in [-0.05, 0) is 86.6 Å². The maximum absolute atomic E-state index is 13.8. The van der Waals surface area contributed by atoms with Crippen LogP contribution < -0.4 is 0 Å².